The summed E-state index contributed by atoms with van der Waals surface area (Å²) in [6.45, 7) is 3.27. The number of thioether (sulfide) groups is 1. The van der Waals surface area contributed by atoms with Crippen LogP contribution in [0.5, 0.6) is 0 Å². The number of carboxylic acid groups (broad SMARTS) is 1. The second kappa shape index (κ2) is 7.96. The van der Waals surface area contributed by atoms with Gasteiger partial charge in [0.05, 0.1) is 13.1 Å². The first-order valence-corrected chi connectivity index (χ1v) is 5.31. The zero-order valence-electron chi connectivity index (χ0n) is 7.82. The molecule has 0 rings (SSSR count). The molecule has 0 aromatic rings. The van der Waals surface area contributed by atoms with Gasteiger partial charge >= 0.3 is 5.97 Å². The smallest absolute Gasteiger partial charge is 0.317 e. The first kappa shape index (κ1) is 12.3. The highest BCUT2D eigenvalue weighted by Gasteiger charge is 2.06. The normalized spacial score (nSPS) is 9.92. The molecular formula is C9H15NO2S. The van der Waals surface area contributed by atoms with Gasteiger partial charge in [-0.25, -0.2) is 0 Å². The lowest BCUT2D eigenvalue weighted by atomic mass is 10.4. The minimum Gasteiger partial charge on any atom is -0.480 e. The van der Waals surface area contributed by atoms with E-state index in [0.29, 0.717) is 6.54 Å². The van der Waals surface area contributed by atoms with Gasteiger partial charge in [0.25, 0.3) is 0 Å². The van der Waals surface area contributed by atoms with E-state index >= 15 is 0 Å². The molecule has 0 spiro atoms. The van der Waals surface area contributed by atoms with Gasteiger partial charge in [-0.3, -0.25) is 9.69 Å². The molecule has 3 nitrogen and oxygen atoms in total. The molecule has 0 aliphatic carbocycles. The molecule has 0 aromatic heterocycles. The molecule has 1 N–H and O–H groups in total. The molecule has 0 aliphatic heterocycles. The Bertz CT molecular complexity index is 189. The molecule has 0 unspecified atom stereocenters. The predicted molar refractivity (Wildman–Crippen MR) is 55.9 cm³/mol. The van der Waals surface area contributed by atoms with E-state index in [1.54, 1.807) is 16.7 Å². The van der Waals surface area contributed by atoms with Crippen molar-refractivity contribution in [2.24, 2.45) is 0 Å². The van der Waals surface area contributed by atoms with E-state index in [1.807, 2.05) is 0 Å². The van der Waals surface area contributed by atoms with Crippen molar-refractivity contribution in [2.45, 2.75) is 6.92 Å². The van der Waals surface area contributed by atoms with Crippen LogP contribution in [0.2, 0.25) is 0 Å². The standard InChI is InChI=1S/C9H15NO2S/c1-3-5-10(8-9(11)12)6-7-13-4-2/h1H,4-8H2,2H3,(H,11,12). The van der Waals surface area contributed by atoms with Crippen LogP contribution in [0.3, 0.4) is 0 Å². The fourth-order valence-electron chi connectivity index (χ4n) is 0.872. The molecule has 0 bridgehead atoms. The first-order valence-electron chi connectivity index (χ1n) is 4.16. The van der Waals surface area contributed by atoms with Gasteiger partial charge in [0.2, 0.25) is 0 Å². The van der Waals surface area contributed by atoms with Crippen molar-refractivity contribution in [1.82, 2.24) is 4.90 Å². The predicted octanol–water partition coefficient (Wildman–Crippen LogP) is 0.759. The van der Waals surface area contributed by atoms with E-state index in [4.69, 9.17) is 11.5 Å². The Morgan fingerprint density at radius 2 is 2.38 bits per heavy atom. The van der Waals surface area contributed by atoms with E-state index < -0.39 is 5.97 Å². The molecule has 13 heavy (non-hydrogen) atoms. The minimum atomic E-state index is -0.822. The molecule has 0 saturated heterocycles. The second-order valence-electron chi connectivity index (χ2n) is 2.51. The molecule has 0 amide bonds. The van der Waals surface area contributed by atoms with Crippen LogP contribution in [0.25, 0.3) is 0 Å². The topological polar surface area (TPSA) is 40.5 Å². The molecule has 0 fully saturated rings. The second-order valence-corrected chi connectivity index (χ2v) is 3.90. The van der Waals surface area contributed by atoms with Gasteiger partial charge in [-0.1, -0.05) is 12.8 Å². The van der Waals surface area contributed by atoms with Crippen LogP contribution in [0.15, 0.2) is 0 Å². The highest BCUT2D eigenvalue weighted by Crippen LogP contribution is 1.99. The lowest BCUT2D eigenvalue weighted by Gasteiger charge is -2.16. The average molecular weight is 201 g/mol. The number of nitrogens with zero attached hydrogens (tertiary/aromatic N) is 1. The number of carbonyl (C=O) groups is 1. The van der Waals surface area contributed by atoms with Crippen molar-refractivity contribution in [3.63, 3.8) is 0 Å². The van der Waals surface area contributed by atoms with Crippen LogP contribution in [0, 0.1) is 12.3 Å². The number of hydrogen-bond acceptors (Lipinski definition) is 3. The Balaban J connectivity index is 3.68. The van der Waals surface area contributed by atoms with Gasteiger partial charge < -0.3 is 5.11 Å². The van der Waals surface area contributed by atoms with Crippen LogP contribution in [0.1, 0.15) is 6.92 Å². The van der Waals surface area contributed by atoms with Crippen LogP contribution in [-0.4, -0.2) is 47.1 Å². The first-order chi connectivity index (χ1) is 6.20. The maximum Gasteiger partial charge on any atom is 0.317 e. The highest BCUT2D eigenvalue weighted by molar-refractivity contribution is 7.99. The molecule has 0 aliphatic rings. The van der Waals surface area contributed by atoms with E-state index in [9.17, 15) is 4.79 Å². The quantitative estimate of drug-likeness (QED) is 0.487. The Labute approximate surface area is 83.5 Å². The molecule has 4 heteroatoms. The van der Waals surface area contributed by atoms with Crippen molar-refractivity contribution in [3.05, 3.63) is 0 Å². The number of carboxylic acids is 1. The number of terminal acetylenes is 1. The summed E-state index contributed by atoms with van der Waals surface area (Å²) in [7, 11) is 0. The van der Waals surface area contributed by atoms with E-state index in [-0.39, 0.29) is 6.54 Å². The van der Waals surface area contributed by atoms with E-state index in [2.05, 4.69) is 12.8 Å². The third kappa shape index (κ3) is 7.69. The molecule has 0 atom stereocenters. The highest BCUT2D eigenvalue weighted by atomic mass is 32.2. The Morgan fingerprint density at radius 1 is 1.69 bits per heavy atom. The Kier molecular flexibility index (Phi) is 7.56. The Hall–Kier alpha value is -0.660. The van der Waals surface area contributed by atoms with Crippen LogP contribution >= 0.6 is 11.8 Å². The summed E-state index contributed by atoms with van der Waals surface area (Å²) < 4.78 is 0. The summed E-state index contributed by atoms with van der Waals surface area (Å²) in [6, 6.07) is 0. The zero-order chi connectivity index (χ0) is 10.1. The number of aliphatic carboxylic acids is 1. The fourth-order valence-corrected chi connectivity index (χ4v) is 1.55. The van der Waals surface area contributed by atoms with Crippen LogP contribution in [0.4, 0.5) is 0 Å². The lowest BCUT2D eigenvalue weighted by Crippen LogP contribution is -2.32. The zero-order valence-corrected chi connectivity index (χ0v) is 8.64. The van der Waals surface area contributed by atoms with E-state index in [1.165, 1.54) is 0 Å². The van der Waals surface area contributed by atoms with Gasteiger partial charge in [-0.05, 0) is 5.75 Å². The summed E-state index contributed by atoms with van der Waals surface area (Å²) in [6.07, 6.45) is 5.12. The lowest BCUT2D eigenvalue weighted by molar-refractivity contribution is -0.138. The monoisotopic (exact) mass is 201 g/mol. The van der Waals surface area contributed by atoms with Crippen molar-refractivity contribution < 1.29 is 9.90 Å². The van der Waals surface area contributed by atoms with Gasteiger partial charge in [-0.15, -0.1) is 6.42 Å². The van der Waals surface area contributed by atoms with Gasteiger partial charge in [0, 0.05) is 12.3 Å². The summed E-state index contributed by atoms with van der Waals surface area (Å²) in [5, 5.41) is 8.55. The van der Waals surface area contributed by atoms with Crippen molar-refractivity contribution >= 4 is 17.7 Å². The summed E-state index contributed by atoms with van der Waals surface area (Å²) in [5.41, 5.74) is 0. The number of rotatable bonds is 7. The molecule has 0 radical (unpaired) electrons. The van der Waals surface area contributed by atoms with Crippen molar-refractivity contribution in [1.29, 1.82) is 0 Å². The molecule has 0 aromatic carbocycles. The van der Waals surface area contributed by atoms with Gasteiger partial charge in [-0.2, -0.15) is 11.8 Å². The summed E-state index contributed by atoms with van der Waals surface area (Å²) >= 11 is 1.79. The minimum absolute atomic E-state index is 0.0362. The Morgan fingerprint density at radius 3 is 2.85 bits per heavy atom. The van der Waals surface area contributed by atoms with E-state index in [0.717, 1.165) is 18.1 Å². The van der Waals surface area contributed by atoms with Crippen LogP contribution in [-0.2, 0) is 4.79 Å². The third-order valence-electron chi connectivity index (χ3n) is 1.43. The van der Waals surface area contributed by atoms with Crippen molar-refractivity contribution in [2.75, 3.05) is 31.1 Å². The molecule has 74 valence electrons. The maximum absolute atomic E-state index is 10.4. The summed E-state index contributed by atoms with van der Waals surface area (Å²) in [5.74, 6) is 3.62. The van der Waals surface area contributed by atoms with Crippen LogP contribution < -0.4 is 0 Å². The third-order valence-corrected chi connectivity index (χ3v) is 2.31. The maximum atomic E-state index is 10.4. The SMILES string of the molecule is C#CCN(CCSCC)CC(=O)O. The van der Waals surface area contributed by atoms with Gasteiger partial charge in [0.15, 0.2) is 0 Å². The molecular weight excluding hydrogens is 186 g/mol. The molecule has 0 saturated carbocycles. The van der Waals surface area contributed by atoms with Gasteiger partial charge in [0.1, 0.15) is 0 Å². The average Bonchev–Trinajstić information content (AvgIpc) is 2.04. The summed E-state index contributed by atoms with van der Waals surface area (Å²) in [4.78, 5) is 12.2. The molecule has 0 heterocycles. The fraction of sp³-hybridized carbons (Fsp3) is 0.667. The number of hydrogen-bond donors (Lipinski definition) is 1. The largest absolute Gasteiger partial charge is 0.480 e. The van der Waals surface area contributed by atoms with Crippen molar-refractivity contribution in [3.8, 4) is 12.3 Å².